The number of anilines is 1. The Hall–Kier alpha value is -1.66. The molecule has 112 valence electrons. The maximum absolute atomic E-state index is 10.9. The van der Waals surface area contributed by atoms with Crippen LogP contribution in [0.1, 0.15) is 25.8 Å². The SMILES string of the molecule is CCC(C)N(CCOC)Cc1ccc(N)c([N+](=O)[O-])c1. The zero-order valence-electron chi connectivity index (χ0n) is 12.3. The highest BCUT2D eigenvalue weighted by Gasteiger charge is 2.16. The minimum atomic E-state index is -0.443. The quantitative estimate of drug-likeness (QED) is 0.449. The molecule has 6 nitrogen and oxygen atoms in total. The van der Waals surface area contributed by atoms with E-state index in [1.54, 1.807) is 19.2 Å². The third-order valence-corrected chi connectivity index (χ3v) is 3.47. The second kappa shape index (κ2) is 7.81. The molecular formula is C14H23N3O3. The molecule has 0 saturated carbocycles. The van der Waals surface area contributed by atoms with Crippen molar-refractivity contribution in [2.75, 3.05) is 26.0 Å². The Bertz CT molecular complexity index is 451. The van der Waals surface area contributed by atoms with Gasteiger partial charge >= 0.3 is 0 Å². The summed E-state index contributed by atoms with van der Waals surface area (Å²) in [5, 5.41) is 10.9. The molecule has 2 N–H and O–H groups in total. The Morgan fingerprint density at radius 2 is 2.20 bits per heavy atom. The summed E-state index contributed by atoms with van der Waals surface area (Å²) < 4.78 is 5.12. The number of hydrogen-bond donors (Lipinski definition) is 1. The first-order chi connectivity index (χ1) is 9.49. The van der Waals surface area contributed by atoms with Gasteiger partial charge in [-0.05, 0) is 25.0 Å². The van der Waals surface area contributed by atoms with E-state index in [4.69, 9.17) is 10.5 Å². The fourth-order valence-corrected chi connectivity index (χ4v) is 2.00. The molecule has 0 heterocycles. The van der Waals surface area contributed by atoms with Gasteiger partial charge in [-0.3, -0.25) is 15.0 Å². The number of nitro benzene ring substituents is 1. The largest absolute Gasteiger partial charge is 0.393 e. The molecule has 1 aromatic rings. The average Bonchev–Trinajstić information content (AvgIpc) is 2.43. The molecule has 0 aromatic heterocycles. The van der Waals surface area contributed by atoms with E-state index in [1.807, 2.05) is 6.07 Å². The minimum absolute atomic E-state index is 0.0293. The van der Waals surface area contributed by atoms with Crippen molar-refractivity contribution in [1.29, 1.82) is 0 Å². The van der Waals surface area contributed by atoms with E-state index in [2.05, 4.69) is 18.7 Å². The average molecular weight is 281 g/mol. The summed E-state index contributed by atoms with van der Waals surface area (Å²) in [7, 11) is 1.67. The van der Waals surface area contributed by atoms with Crippen LogP contribution in [-0.4, -0.2) is 36.1 Å². The van der Waals surface area contributed by atoms with E-state index in [9.17, 15) is 10.1 Å². The van der Waals surface area contributed by atoms with Crippen LogP contribution >= 0.6 is 0 Å². The highest BCUT2D eigenvalue weighted by Crippen LogP contribution is 2.23. The first-order valence-electron chi connectivity index (χ1n) is 6.75. The molecule has 1 rings (SSSR count). The zero-order chi connectivity index (χ0) is 15.1. The number of hydrogen-bond acceptors (Lipinski definition) is 5. The first-order valence-corrected chi connectivity index (χ1v) is 6.75. The van der Waals surface area contributed by atoms with Crippen molar-refractivity contribution in [2.24, 2.45) is 0 Å². The van der Waals surface area contributed by atoms with Crippen LogP contribution < -0.4 is 5.73 Å². The Morgan fingerprint density at radius 1 is 1.50 bits per heavy atom. The molecule has 0 aliphatic rings. The summed E-state index contributed by atoms with van der Waals surface area (Å²) in [6, 6.07) is 5.38. The maximum atomic E-state index is 10.9. The van der Waals surface area contributed by atoms with Gasteiger partial charge in [-0.2, -0.15) is 0 Å². The van der Waals surface area contributed by atoms with Gasteiger partial charge in [0.05, 0.1) is 11.5 Å². The third-order valence-electron chi connectivity index (χ3n) is 3.47. The van der Waals surface area contributed by atoms with E-state index in [0.29, 0.717) is 19.2 Å². The maximum Gasteiger partial charge on any atom is 0.292 e. The van der Waals surface area contributed by atoms with Crippen molar-refractivity contribution in [1.82, 2.24) is 4.90 Å². The van der Waals surface area contributed by atoms with E-state index in [1.165, 1.54) is 0 Å². The second-order valence-corrected chi connectivity index (χ2v) is 4.87. The van der Waals surface area contributed by atoms with Crippen molar-refractivity contribution in [3.05, 3.63) is 33.9 Å². The normalized spacial score (nSPS) is 12.6. The Balaban J connectivity index is 2.87. The molecule has 0 aliphatic heterocycles. The predicted octanol–water partition coefficient (Wildman–Crippen LogP) is 2.42. The molecule has 0 bridgehead atoms. The van der Waals surface area contributed by atoms with Crippen LogP contribution in [0.15, 0.2) is 18.2 Å². The number of benzene rings is 1. The summed E-state index contributed by atoms with van der Waals surface area (Å²) in [6.07, 6.45) is 1.01. The fraction of sp³-hybridized carbons (Fsp3) is 0.571. The highest BCUT2D eigenvalue weighted by atomic mass is 16.6. The lowest BCUT2D eigenvalue weighted by Crippen LogP contribution is -2.34. The highest BCUT2D eigenvalue weighted by molar-refractivity contribution is 5.59. The molecule has 0 spiro atoms. The molecule has 0 fully saturated rings. The summed E-state index contributed by atoms with van der Waals surface area (Å²) in [5.41, 5.74) is 6.67. The molecule has 1 atom stereocenters. The number of methoxy groups -OCH3 is 1. The van der Waals surface area contributed by atoms with Crippen LogP contribution in [0.4, 0.5) is 11.4 Å². The zero-order valence-corrected chi connectivity index (χ0v) is 12.3. The van der Waals surface area contributed by atoms with Crippen LogP contribution in [-0.2, 0) is 11.3 Å². The lowest BCUT2D eigenvalue weighted by Gasteiger charge is -2.28. The molecular weight excluding hydrogens is 258 g/mol. The van der Waals surface area contributed by atoms with Crippen molar-refractivity contribution < 1.29 is 9.66 Å². The molecule has 0 radical (unpaired) electrons. The van der Waals surface area contributed by atoms with Gasteiger partial charge in [-0.1, -0.05) is 13.0 Å². The van der Waals surface area contributed by atoms with Crippen LogP contribution in [0, 0.1) is 10.1 Å². The van der Waals surface area contributed by atoms with Gasteiger partial charge in [0.25, 0.3) is 5.69 Å². The van der Waals surface area contributed by atoms with Gasteiger partial charge < -0.3 is 10.5 Å². The monoisotopic (exact) mass is 281 g/mol. The van der Waals surface area contributed by atoms with Crippen LogP contribution in [0.5, 0.6) is 0 Å². The lowest BCUT2D eigenvalue weighted by atomic mass is 10.1. The van der Waals surface area contributed by atoms with Gasteiger partial charge in [0, 0.05) is 32.3 Å². The van der Waals surface area contributed by atoms with Gasteiger partial charge in [-0.25, -0.2) is 0 Å². The number of nitro groups is 1. The van der Waals surface area contributed by atoms with Gasteiger partial charge in [0.2, 0.25) is 0 Å². The van der Waals surface area contributed by atoms with Crippen molar-refractivity contribution >= 4 is 11.4 Å². The van der Waals surface area contributed by atoms with Crippen molar-refractivity contribution in [3.8, 4) is 0 Å². The standard InChI is InChI=1S/C14H23N3O3/c1-4-11(2)16(7-8-20-3)10-12-5-6-13(15)14(9-12)17(18)19/h5-6,9,11H,4,7-8,10,15H2,1-3H3. The number of nitrogens with two attached hydrogens (primary N) is 1. The summed E-state index contributed by atoms with van der Waals surface area (Å²) in [4.78, 5) is 12.7. The van der Waals surface area contributed by atoms with E-state index in [-0.39, 0.29) is 11.4 Å². The Kier molecular flexibility index (Phi) is 6.41. The molecule has 0 amide bonds. The molecule has 20 heavy (non-hydrogen) atoms. The third kappa shape index (κ3) is 4.47. The number of rotatable bonds is 8. The molecule has 6 heteroatoms. The summed E-state index contributed by atoms with van der Waals surface area (Å²) in [5.74, 6) is 0. The Labute approximate surface area is 119 Å². The van der Waals surface area contributed by atoms with Crippen molar-refractivity contribution in [3.63, 3.8) is 0 Å². The smallest absolute Gasteiger partial charge is 0.292 e. The summed E-state index contributed by atoms with van der Waals surface area (Å²) in [6.45, 7) is 6.35. The van der Waals surface area contributed by atoms with Crippen molar-refractivity contribution in [2.45, 2.75) is 32.9 Å². The minimum Gasteiger partial charge on any atom is -0.393 e. The van der Waals surface area contributed by atoms with Crippen LogP contribution in [0.2, 0.25) is 0 Å². The fourth-order valence-electron chi connectivity index (χ4n) is 2.00. The second-order valence-electron chi connectivity index (χ2n) is 4.87. The molecule has 1 aromatic carbocycles. The molecule has 0 saturated heterocycles. The van der Waals surface area contributed by atoms with E-state index >= 15 is 0 Å². The van der Waals surface area contributed by atoms with Crippen LogP contribution in [0.25, 0.3) is 0 Å². The van der Waals surface area contributed by atoms with Gasteiger partial charge in [0.15, 0.2) is 0 Å². The molecule has 0 aliphatic carbocycles. The predicted molar refractivity (Wildman–Crippen MR) is 79.5 cm³/mol. The number of nitrogens with zero attached hydrogens (tertiary/aromatic N) is 2. The van der Waals surface area contributed by atoms with E-state index in [0.717, 1.165) is 18.5 Å². The first kappa shape index (κ1) is 16.4. The number of nitrogen functional groups attached to an aromatic ring is 1. The topological polar surface area (TPSA) is 81.6 Å². The van der Waals surface area contributed by atoms with E-state index < -0.39 is 4.92 Å². The van der Waals surface area contributed by atoms with Gasteiger partial charge in [-0.15, -0.1) is 0 Å². The lowest BCUT2D eigenvalue weighted by molar-refractivity contribution is -0.384. The molecule has 1 unspecified atom stereocenters. The number of ether oxygens (including phenoxy) is 1. The van der Waals surface area contributed by atoms with Gasteiger partial charge in [0.1, 0.15) is 5.69 Å². The van der Waals surface area contributed by atoms with Crippen LogP contribution in [0.3, 0.4) is 0 Å². The Morgan fingerprint density at radius 3 is 2.75 bits per heavy atom. The summed E-state index contributed by atoms with van der Waals surface area (Å²) >= 11 is 0.